The molecule has 2 heteroatoms. The lowest BCUT2D eigenvalue weighted by Gasteiger charge is -2.38. The predicted molar refractivity (Wildman–Crippen MR) is 152 cm³/mol. The SMILES string of the molecule is CCCCCCCCCCCCCCCCCCCC[N+](CCC)(CCC)c1ccccc1.[Cl-]. The van der Waals surface area contributed by atoms with Crippen molar-refractivity contribution in [1.82, 2.24) is 4.48 Å². The van der Waals surface area contributed by atoms with Crippen molar-refractivity contribution < 1.29 is 12.4 Å². The molecule has 0 unspecified atom stereocenters. The Labute approximate surface area is 221 Å². The summed E-state index contributed by atoms with van der Waals surface area (Å²) in [5.41, 5.74) is 1.54. The predicted octanol–water partition coefficient (Wildman–Crippen LogP) is 7.86. The Morgan fingerprint density at radius 1 is 0.412 bits per heavy atom. The van der Waals surface area contributed by atoms with Crippen LogP contribution in [0.3, 0.4) is 0 Å². The Kier molecular flexibility index (Phi) is 23.8. The van der Waals surface area contributed by atoms with Crippen LogP contribution in [0.25, 0.3) is 0 Å². The average molecular weight is 494 g/mol. The van der Waals surface area contributed by atoms with Crippen LogP contribution in [0.15, 0.2) is 30.3 Å². The zero-order valence-electron chi connectivity index (χ0n) is 23.5. The maximum atomic E-state index is 2.36. The van der Waals surface area contributed by atoms with Crippen LogP contribution in [0.2, 0.25) is 0 Å². The summed E-state index contributed by atoms with van der Waals surface area (Å²) in [6.07, 6.45) is 28.7. The van der Waals surface area contributed by atoms with Gasteiger partial charge in [-0.2, -0.15) is 0 Å². The van der Waals surface area contributed by atoms with Gasteiger partial charge >= 0.3 is 0 Å². The van der Waals surface area contributed by atoms with Gasteiger partial charge in [-0.25, -0.2) is 0 Å². The maximum Gasteiger partial charge on any atom is 0.132 e. The minimum atomic E-state index is 0. The standard InChI is InChI=1S/C32H60N.ClH/c1-4-7-8-9-10-11-12-13-14-15-16-17-18-19-20-21-22-26-31-33(29-5-2,30-6-3)32-27-24-23-25-28-32;/h23-25,27-28H,4-22,26,29-31H2,1-3H3;1H/q+1;/p-1. The molecule has 0 heterocycles. The number of hydrogen-bond acceptors (Lipinski definition) is 0. The Hall–Kier alpha value is -0.530. The molecule has 34 heavy (non-hydrogen) atoms. The van der Waals surface area contributed by atoms with Crippen LogP contribution in [0.4, 0.5) is 5.69 Å². The quantitative estimate of drug-likeness (QED) is 0.101. The van der Waals surface area contributed by atoms with Crippen LogP contribution in [0.5, 0.6) is 0 Å². The van der Waals surface area contributed by atoms with E-state index in [1.54, 1.807) is 0 Å². The molecule has 0 saturated carbocycles. The fraction of sp³-hybridized carbons (Fsp3) is 0.812. The van der Waals surface area contributed by atoms with Gasteiger partial charge in [-0.05, 0) is 37.8 Å². The molecule has 1 rings (SSSR count). The molecule has 0 aliphatic rings. The second-order valence-corrected chi connectivity index (χ2v) is 10.7. The Balaban J connectivity index is 0.0000109. The average Bonchev–Trinajstić information content (AvgIpc) is 2.84. The highest BCUT2D eigenvalue weighted by molar-refractivity contribution is 5.42. The van der Waals surface area contributed by atoms with E-state index in [4.69, 9.17) is 0 Å². The molecule has 0 saturated heterocycles. The van der Waals surface area contributed by atoms with Crippen molar-refractivity contribution in [2.24, 2.45) is 0 Å². The van der Waals surface area contributed by atoms with E-state index < -0.39 is 0 Å². The van der Waals surface area contributed by atoms with Gasteiger partial charge in [-0.3, -0.25) is 4.48 Å². The molecule has 0 fully saturated rings. The third kappa shape index (κ3) is 16.2. The van der Waals surface area contributed by atoms with Gasteiger partial charge in [0, 0.05) is 0 Å². The molecule has 0 aliphatic heterocycles. The first kappa shape index (κ1) is 33.5. The van der Waals surface area contributed by atoms with E-state index in [1.807, 2.05) is 0 Å². The molecule has 0 amide bonds. The largest absolute Gasteiger partial charge is 1.00 e. The number of para-hydroxylation sites is 1. The number of benzene rings is 1. The van der Waals surface area contributed by atoms with Crippen molar-refractivity contribution in [3.8, 4) is 0 Å². The molecule has 0 aliphatic carbocycles. The van der Waals surface area contributed by atoms with E-state index in [9.17, 15) is 0 Å². The van der Waals surface area contributed by atoms with Gasteiger partial charge < -0.3 is 12.4 Å². The monoisotopic (exact) mass is 493 g/mol. The first-order valence-corrected chi connectivity index (χ1v) is 15.2. The van der Waals surface area contributed by atoms with Gasteiger partial charge in [0.2, 0.25) is 0 Å². The maximum absolute atomic E-state index is 2.36. The summed E-state index contributed by atoms with van der Waals surface area (Å²) in [5.74, 6) is 0. The third-order valence-electron chi connectivity index (χ3n) is 7.55. The third-order valence-corrected chi connectivity index (χ3v) is 7.55. The van der Waals surface area contributed by atoms with Gasteiger partial charge in [0.1, 0.15) is 5.69 Å². The molecule has 0 radical (unpaired) electrons. The molecule has 1 aromatic rings. The van der Waals surface area contributed by atoms with Crippen LogP contribution >= 0.6 is 0 Å². The minimum Gasteiger partial charge on any atom is -1.00 e. The van der Waals surface area contributed by atoms with E-state index in [2.05, 4.69) is 51.1 Å². The Bertz CT molecular complexity index is 509. The van der Waals surface area contributed by atoms with Crippen LogP contribution in [-0.4, -0.2) is 19.6 Å². The van der Waals surface area contributed by atoms with Crippen LogP contribution < -0.4 is 16.9 Å². The van der Waals surface area contributed by atoms with Crippen molar-refractivity contribution in [2.75, 3.05) is 19.6 Å². The molecular weight excluding hydrogens is 434 g/mol. The number of rotatable bonds is 24. The van der Waals surface area contributed by atoms with Crippen LogP contribution in [0.1, 0.15) is 149 Å². The number of nitrogens with zero attached hydrogens (tertiary/aromatic N) is 1. The first-order chi connectivity index (χ1) is 16.3. The summed E-state index contributed by atoms with van der Waals surface area (Å²) < 4.78 is 1.20. The highest BCUT2D eigenvalue weighted by Gasteiger charge is 2.27. The summed E-state index contributed by atoms with van der Waals surface area (Å²) in [4.78, 5) is 0. The van der Waals surface area contributed by atoms with E-state index >= 15 is 0 Å². The number of quaternary nitrogens is 1. The second-order valence-electron chi connectivity index (χ2n) is 10.7. The van der Waals surface area contributed by atoms with Gasteiger partial charge in [-0.1, -0.05) is 142 Å². The first-order valence-electron chi connectivity index (χ1n) is 15.2. The molecule has 0 atom stereocenters. The Morgan fingerprint density at radius 3 is 1.12 bits per heavy atom. The smallest absolute Gasteiger partial charge is 0.132 e. The van der Waals surface area contributed by atoms with Crippen molar-refractivity contribution >= 4 is 5.69 Å². The highest BCUT2D eigenvalue weighted by atomic mass is 35.5. The van der Waals surface area contributed by atoms with E-state index in [0.29, 0.717) is 0 Å². The molecule has 0 bridgehead atoms. The van der Waals surface area contributed by atoms with E-state index in [1.165, 1.54) is 158 Å². The van der Waals surface area contributed by atoms with E-state index in [-0.39, 0.29) is 12.4 Å². The minimum absolute atomic E-state index is 0. The lowest BCUT2D eigenvalue weighted by atomic mass is 10.0. The lowest BCUT2D eigenvalue weighted by Crippen LogP contribution is -3.00. The lowest BCUT2D eigenvalue weighted by molar-refractivity contribution is -0.00000730. The summed E-state index contributed by atoms with van der Waals surface area (Å²) in [6.45, 7) is 10.9. The summed E-state index contributed by atoms with van der Waals surface area (Å²) in [7, 11) is 0. The number of hydrogen-bond donors (Lipinski definition) is 0. The molecule has 1 aromatic carbocycles. The molecule has 0 aromatic heterocycles. The zero-order chi connectivity index (χ0) is 23.9. The zero-order valence-corrected chi connectivity index (χ0v) is 24.2. The van der Waals surface area contributed by atoms with E-state index in [0.717, 1.165) is 0 Å². The van der Waals surface area contributed by atoms with Crippen LogP contribution in [0, 0.1) is 0 Å². The summed E-state index contributed by atoms with van der Waals surface area (Å²) >= 11 is 0. The Morgan fingerprint density at radius 2 is 0.765 bits per heavy atom. The normalized spacial score (nSPS) is 11.5. The van der Waals surface area contributed by atoms with Crippen molar-refractivity contribution in [3.63, 3.8) is 0 Å². The molecule has 1 nitrogen and oxygen atoms in total. The molecule has 0 N–H and O–H groups in total. The molecule has 200 valence electrons. The summed E-state index contributed by atoms with van der Waals surface area (Å²) in [6, 6.07) is 11.3. The van der Waals surface area contributed by atoms with Gasteiger partial charge in [-0.15, -0.1) is 0 Å². The van der Waals surface area contributed by atoms with Gasteiger partial charge in [0.15, 0.2) is 0 Å². The van der Waals surface area contributed by atoms with Crippen molar-refractivity contribution in [3.05, 3.63) is 30.3 Å². The van der Waals surface area contributed by atoms with Gasteiger partial charge in [0.05, 0.1) is 19.6 Å². The highest BCUT2D eigenvalue weighted by Crippen LogP contribution is 2.25. The fourth-order valence-corrected chi connectivity index (χ4v) is 5.64. The second kappa shape index (κ2) is 24.2. The fourth-order valence-electron chi connectivity index (χ4n) is 5.64. The summed E-state index contributed by atoms with van der Waals surface area (Å²) in [5, 5.41) is 0. The van der Waals surface area contributed by atoms with Crippen molar-refractivity contribution in [1.29, 1.82) is 0 Å². The number of unbranched alkanes of at least 4 members (excludes halogenated alkanes) is 17. The van der Waals surface area contributed by atoms with Gasteiger partial charge in [0.25, 0.3) is 0 Å². The van der Waals surface area contributed by atoms with Crippen LogP contribution in [-0.2, 0) is 0 Å². The molecule has 0 spiro atoms. The van der Waals surface area contributed by atoms with Crippen molar-refractivity contribution in [2.45, 2.75) is 149 Å². The topological polar surface area (TPSA) is 0 Å². The number of halogens is 1. The molecular formula is C32H60ClN.